The number of fused-ring (bicyclic) bond motifs is 1. The molecule has 1 aromatic carbocycles. The Morgan fingerprint density at radius 2 is 1.88 bits per heavy atom. The van der Waals surface area contributed by atoms with Crippen LogP contribution < -0.4 is 0 Å². The molecular weight excluding hydrogens is 204 g/mol. The molecule has 0 heterocycles. The molecule has 0 heteroatoms. The lowest BCUT2D eigenvalue weighted by Gasteiger charge is -2.36. The second kappa shape index (κ2) is 4.48. The fourth-order valence-corrected chi connectivity index (χ4v) is 3.09. The monoisotopic (exact) mass is 230 g/mol. The third-order valence-corrected chi connectivity index (χ3v) is 4.19. The summed E-state index contributed by atoms with van der Waals surface area (Å²) in [5.41, 5.74) is 5.13. The summed E-state index contributed by atoms with van der Waals surface area (Å²) in [6, 6.07) is 7.20. The van der Waals surface area contributed by atoms with E-state index in [0.29, 0.717) is 11.3 Å². The molecule has 94 valence electrons. The van der Waals surface area contributed by atoms with Crippen LogP contribution in [0.4, 0.5) is 0 Å². The van der Waals surface area contributed by atoms with E-state index >= 15 is 0 Å². The first-order chi connectivity index (χ1) is 7.89. The first-order valence-corrected chi connectivity index (χ1v) is 7.02. The Labute approximate surface area is 106 Å². The van der Waals surface area contributed by atoms with Crippen molar-refractivity contribution in [3.8, 4) is 0 Å². The van der Waals surface area contributed by atoms with Crippen LogP contribution in [0.15, 0.2) is 18.2 Å². The maximum atomic E-state index is 2.46. The van der Waals surface area contributed by atoms with Crippen molar-refractivity contribution in [3.63, 3.8) is 0 Å². The van der Waals surface area contributed by atoms with Crippen molar-refractivity contribution in [1.82, 2.24) is 0 Å². The van der Waals surface area contributed by atoms with Crippen LogP contribution in [-0.4, -0.2) is 0 Å². The van der Waals surface area contributed by atoms with Crippen LogP contribution in [0.25, 0.3) is 0 Å². The van der Waals surface area contributed by atoms with Crippen LogP contribution in [0.1, 0.15) is 76.0 Å². The van der Waals surface area contributed by atoms with E-state index in [1.807, 2.05) is 0 Å². The van der Waals surface area contributed by atoms with Crippen molar-refractivity contribution >= 4 is 0 Å². The molecular formula is C17H26. The molecule has 0 spiro atoms. The highest BCUT2D eigenvalue weighted by Crippen LogP contribution is 2.43. The quantitative estimate of drug-likeness (QED) is 0.616. The van der Waals surface area contributed by atoms with Gasteiger partial charge in [-0.2, -0.15) is 0 Å². The van der Waals surface area contributed by atoms with E-state index in [1.165, 1.54) is 24.8 Å². The smallest absolute Gasteiger partial charge is 0.0110 e. The van der Waals surface area contributed by atoms with Crippen LogP contribution in [0.2, 0.25) is 0 Å². The van der Waals surface area contributed by atoms with Gasteiger partial charge in [0.25, 0.3) is 0 Å². The summed E-state index contributed by atoms with van der Waals surface area (Å²) in [5, 5.41) is 0. The topological polar surface area (TPSA) is 0 Å². The van der Waals surface area contributed by atoms with Crippen LogP contribution in [0.5, 0.6) is 0 Å². The zero-order chi connectivity index (χ0) is 12.6. The van der Waals surface area contributed by atoms with Crippen molar-refractivity contribution in [1.29, 1.82) is 0 Å². The van der Waals surface area contributed by atoms with Crippen LogP contribution in [0.3, 0.4) is 0 Å². The molecule has 0 nitrogen and oxygen atoms in total. The number of aryl methyl sites for hydroxylation is 1. The van der Waals surface area contributed by atoms with Gasteiger partial charge in [0, 0.05) is 0 Å². The maximum absolute atomic E-state index is 2.46. The number of benzene rings is 1. The highest BCUT2D eigenvalue weighted by molar-refractivity contribution is 5.38. The largest absolute Gasteiger partial charge is 0.0596 e. The van der Waals surface area contributed by atoms with E-state index in [0.717, 1.165) is 5.92 Å². The predicted octanol–water partition coefficient (Wildman–Crippen LogP) is 5.28. The highest BCUT2D eigenvalue weighted by atomic mass is 14.3. The summed E-state index contributed by atoms with van der Waals surface area (Å²) in [7, 11) is 0. The summed E-state index contributed by atoms with van der Waals surface area (Å²) >= 11 is 0. The van der Waals surface area contributed by atoms with E-state index in [-0.39, 0.29) is 0 Å². The Balaban J connectivity index is 2.40. The van der Waals surface area contributed by atoms with Crippen LogP contribution in [-0.2, 0) is 6.42 Å². The van der Waals surface area contributed by atoms with E-state index in [9.17, 15) is 0 Å². The summed E-state index contributed by atoms with van der Waals surface area (Å²) in [6.45, 7) is 11.7. The van der Waals surface area contributed by atoms with Crippen LogP contribution in [0, 0.1) is 5.41 Å². The average Bonchev–Trinajstić information content (AvgIpc) is 2.26. The SMILES string of the molecule is CC(C)c1ccc2c(c1)CCCC2C(C)(C)C. The second-order valence-corrected chi connectivity index (χ2v) is 6.92. The predicted molar refractivity (Wildman–Crippen MR) is 75.7 cm³/mol. The molecule has 0 aliphatic heterocycles. The molecule has 0 saturated heterocycles. The summed E-state index contributed by atoms with van der Waals surface area (Å²) in [6.07, 6.45) is 4.00. The van der Waals surface area contributed by atoms with Gasteiger partial charge in [-0.25, -0.2) is 0 Å². The Morgan fingerprint density at radius 1 is 1.18 bits per heavy atom. The van der Waals surface area contributed by atoms with Gasteiger partial charge in [0.1, 0.15) is 0 Å². The molecule has 0 bridgehead atoms. The summed E-state index contributed by atoms with van der Waals surface area (Å²) < 4.78 is 0. The Bertz CT molecular complexity index is 393. The van der Waals surface area contributed by atoms with Crippen molar-refractivity contribution in [3.05, 3.63) is 34.9 Å². The van der Waals surface area contributed by atoms with Gasteiger partial charge in [-0.1, -0.05) is 52.8 Å². The zero-order valence-electron chi connectivity index (χ0n) is 12.0. The van der Waals surface area contributed by atoms with E-state index in [4.69, 9.17) is 0 Å². The van der Waals surface area contributed by atoms with Gasteiger partial charge >= 0.3 is 0 Å². The Hall–Kier alpha value is -0.780. The third kappa shape index (κ3) is 2.56. The van der Waals surface area contributed by atoms with Gasteiger partial charge in [-0.3, -0.25) is 0 Å². The van der Waals surface area contributed by atoms with Crippen molar-refractivity contribution in [2.24, 2.45) is 5.41 Å². The zero-order valence-corrected chi connectivity index (χ0v) is 12.0. The molecule has 0 saturated carbocycles. The molecule has 0 fully saturated rings. The molecule has 0 N–H and O–H groups in total. The van der Waals surface area contributed by atoms with Gasteiger partial charge in [0.2, 0.25) is 0 Å². The Kier molecular flexibility index (Phi) is 3.34. The van der Waals surface area contributed by atoms with Gasteiger partial charge in [-0.15, -0.1) is 0 Å². The van der Waals surface area contributed by atoms with Crippen molar-refractivity contribution in [2.45, 2.75) is 65.7 Å². The van der Waals surface area contributed by atoms with E-state index < -0.39 is 0 Å². The number of hydrogen-bond donors (Lipinski definition) is 0. The molecule has 0 radical (unpaired) electrons. The minimum atomic E-state index is 0.397. The molecule has 1 aliphatic carbocycles. The first kappa shape index (κ1) is 12.7. The van der Waals surface area contributed by atoms with Gasteiger partial charge in [0.15, 0.2) is 0 Å². The first-order valence-electron chi connectivity index (χ1n) is 7.02. The lowest BCUT2D eigenvalue weighted by molar-refractivity contribution is 0.289. The minimum absolute atomic E-state index is 0.397. The fourth-order valence-electron chi connectivity index (χ4n) is 3.09. The van der Waals surface area contributed by atoms with Crippen molar-refractivity contribution < 1.29 is 0 Å². The maximum Gasteiger partial charge on any atom is -0.0110 e. The number of rotatable bonds is 1. The second-order valence-electron chi connectivity index (χ2n) is 6.92. The molecule has 0 amide bonds. The minimum Gasteiger partial charge on any atom is -0.0596 e. The molecule has 1 aliphatic rings. The van der Waals surface area contributed by atoms with Crippen LogP contribution >= 0.6 is 0 Å². The Morgan fingerprint density at radius 3 is 2.47 bits per heavy atom. The standard InChI is InChI=1S/C17H26/c1-12(2)13-9-10-15-14(11-13)7-6-8-16(15)17(3,4)5/h9-12,16H,6-8H2,1-5H3. The summed E-state index contributed by atoms with van der Waals surface area (Å²) in [5.74, 6) is 1.39. The van der Waals surface area contributed by atoms with Gasteiger partial charge in [0.05, 0.1) is 0 Å². The number of hydrogen-bond acceptors (Lipinski definition) is 0. The van der Waals surface area contributed by atoms with E-state index in [2.05, 4.69) is 52.8 Å². The molecule has 1 atom stereocenters. The normalized spacial score (nSPS) is 20.5. The third-order valence-electron chi connectivity index (χ3n) is 4.19. The fraction of sp³-hybridized carbons (Fsp3) is 0.647. The molecule has 2 rings (SSSR count). The lowest BCUT2D eigenvalue weighted by Crippen LogP contribution is -2.23. The summed E-state index contributed by atoms with van der Waals surface area (Å²) in [4.78, 5) is 0. The van der Waals surface area contributed by atoms with Gasteiger partial charge < -0.3 is 0 Å². The molecule has 1 unspecified atom stereocenters. The molecule has 17 heavy (non-hydrogen) atoms. The van der Waals surface area contributed by atoms with E-state index in [1.54, 1.807) is 11.1 Å². The van der Waals surface area contributed by atoms with Gasteiger partial charge in [-0.05, 0) is 53.2 Å². The molecule has 0 aromatic heterocycles. The molecule has 1 aromatic rings. The lowest BCUT2D eigenvalue weighted by atomic mass is 9.69. The highest BCUT2D eigenvalue weighted by Gasteiger charge is 2.30. The van der Waals surface area contributed by atoms with Crippen molar-refractivity contribution in [2.75, 3.05) is 0 Å². The average molecular weight is 230 g/mol.